The molecule has 46 heavy (non-hydrogen) atoms. The molecule has 0 N–H and O–H groups in total. The fourth-order valence-corrected chi connectivity index (χ4v) is 6.55. The van der Waals surface area contributed by atoms with Crippen molar-refractivity contribution in [2.45, 2.75) is 142 Å². The Kier molecular flexibility index (Phi) is 16.9. The molecule has 0 fully saturated rings. The molecule has 2 nitrogen and oxygen atoms in total. The lowest BCUT2D eigenvalue weighted by Gasteiger charge is -2.10. The van der Waals surface area contributed by atoms with E-state index in [0.717, 1.165) is 37.6 Å². The average molecular weight is 623 g/mol. The largest absolute Gasteiger partial charge is 0.494 e. The Hall–Kier alpha value is -3.00. The van der Waals surface area contributed by atoms with Crippen LogP contribution in [0.1, 0.15) is 142 Å². The molecular formula is C44H62O2. The van der Waals surface area contributed by atoms with Crippen molar-refractivity contribution >= 4 is 21.5 Å². The first-order chi connectivity index (χ1) is 22.8. The Bertz CT molecular complexity index is 1280. The van der Waals surface area contributed by atoms with Crippen LogP contribution in [0, 0.1) is 0 Å². The zero-order chi connectivity index (χ0) is 32.1. The minimum absolute atomic E-state index is 0.809. The summed E-state index contributed by atoms with van der Waals surface area (Å²) in [5.74, 6) is 1.96. The molecule has 0 aliphatic rings. The van der Waals surface area contributed by atoms with Crippen molar-refractivity contribution in [2.24, 2.45) is 0 Å². The summed E-state index contributed by atoms with van der Waals surface area (Å²) < 4.78 is 12.2. The van der Waals surface area contributed by atoms with E-state index in [0.29, 0.717) is 0 Å². The molecule has 0 amide bonds. The number of rotatable bonds is 25. The fourth-order valence-electron chi connectivity index (χ4n) is 6.55. The molecule has 0 spiro atoms. The van der Waals surface area contributed by atoms with Crippen LogP contribution in [0.4, 0.5) is 0 Å². The van der Waals surface area contributed by atoms with E-state index in [1.807, 2.05) is 0 Å². The Morgan fingerprint density at radius 1 is 0.326 bits per heavy atom. The van der Waals surface area contributed by atoms with Gasteiger partial charge in [0.25, 0.3) is 0 Å². The van der Waals surface area contributed by atoms with Gasteiger partial charge in [-0.3, -0.25) is 0 Å². The molecular weight excluding hydrogens is 560 g/mol. The highest BCUT2D eigenvalue weighted by molar-refractivity contribution is 5.92. The molecule has 2 heteroatoms. The second-order valence-electron chi connectivity index (χ2n) is 13.5. The first-order valence-electron chi connectivity index (χ1n) is 19.1. The minimum Gasteiger partial charge on any atom is -0.494 e. The van der Waals surface area contributed by atoms with Crippen LogP contribution in [-0.4, -0.2) is 13.2 Å². The number of fused-ring (bicyclic) bond motifs is 2. The molecule has 250 valence electrons. The molecule has 0 aliphatic carbocycles. The van der Waals surface area contributed by atoms with Crippen molar-refractivity contribution in [1.82, 2.24) is 0 Å². The van der Waals surface area contributed by atoms with Gasteiger partial charge in [-0.1, -0.05) is 166 Å². The SMILES string of the molecule is CCCCCCCCCCCCOc1ccc2cc(-c3ccc4cc(OCCCCCCCCCCCC)ccc4c3)ccc2c1. The van der Waals surface area contributed by atoms with Gasteiger partial charge in [-0.25, -0.2) is 0 Å². The van der Waals surface area contributed by atoms with Gasteiger partial charge in [-0.2, -0.15) is 0 Å². The van der Waals surface area contributed by atoms with Crippen LogP contribution in [0.25, 0.3) is 32.7 Å². The van der Waals surface area contributed by atoms with E-state index in [9.17, 15) is 0 Å². The van der Waals surface area contributed by atoms with Gasteiger partial charge in [0.05, 0.1) is 13.2 Å². The number of hydrogen-bond donors (Lipinski definition) is 0. The predicted molar refractivity (Wildman–Crippen MR) is 202 cm³/mol. The Morgan fingerprint density at radius 2 is 0.630 bits per heavy atom. The highest BCUT2D eigenvalue weighted by Crippen LogP contribution is 2.30. The molecule has 0 aliphatic heterocycles. The molecule has 0 saturated heterocycles. The summed E-state index contributed by atoms with van der Waals surface area (Å²) in [4.78, 5) is 0. The molecule has 0 atom stereocenters. The number of ether oxygens (including phenoxy) is 2. The maximum atomic E-state index is 6.11. The van der Waals surface area contributed by atoms with E-state index in [2.05, 4.69) is 86.6 Å². The van der Waals surface area contributed by atoms with Gasteiger partial charge in [0.1, 0.15) is 11.5 Å². The second-order valence-corrected chi connectivity index (χ2v) is 13.5. The van der Waals surface area contributed by atoms with Crippen molar-refractivity contribution in [3.63, 3.8) is 0 Å². The maximum Gasteiger partial charge on any atom is 0.119 e. The van der Waals surface area contributed by atoms with Crippen molar-refractivity contribution in [3.05, 3.63) is 72.8 Å². The van der Waals surface area contributed by atoms with Crippen LogP contribution in [0.15, 0.2) is 72.8 Å². The molecule has 0 heterocycles. The summed E-state index contributed by atoms with van der Waals surface area (Å²) in [6.07, 6.45) is 27.0. The van der Waals surface area contributed by atoms with Crippen molar-refractivity contribution in [3.8, 4) is 22.6 Å². The third-order valence-electron chi connectivity index (χ3n) is 9.49. The zero-order valence-corrected chi connectivity index (χ0v) is 29.3. The monoisotopic (exact) mass is 622 g/mol. The summed E-state index contributed by atoms with van der Waals surface area (Å²) in [5, 5.41) is 4.96. The third-order valence-corrected chi connectivity index (χ3v) is 9.49. The van der Waals surface area contributed by atoms with Crippen molar-refractivity contribution in [2.75, 3.05) is 13.2 Å². The van der Waals surface area contributed by atoms with Crippen LogP contribution < -0.4 is 9.47 Å². The van der Waals surface area contributed by atoms with E-state index in [1.165, 1.54) is 148 Å². The standard InChI is InChI=1S/C44H62O2/c1-3-5-7-9-11-13-15-17-19-21-31-45-43-29-27-39-33-37(23-25-41(39)35-43)38-24-26-42-36-44(30-28-40(42)34-38)46-32-22-20-18-16-14-12-10-8-6-4-2/h23-30,33-36H,3-22,31-32H2,1-2H3. The summed E-state index contributed by atoms with van der Waals surface area (Å²) in [6, 6.07) is 26.6. The Morgan fingerprint density at radius 3 is 1.00 bits per heavy atom. The summed E-state index contributed by atoms with van der Waals surface area (Å²) >= 11 is 0. The number of benzene rings is 4. The van der Waals surface area contributed by atoms with E-state index < -0.39 is 0 Å². The summed E-state index contributed by atoms with van der Waals surface area (Å²) in [5.41, 5.74) is 2.49. The van der Waals surface area contributed by atoms with Crippen molar-refractivity contribution in [1.29, 1.82) is 0 Å². The van der Waals surface area contributed by atoms with Crippen LogP contribution in [0.3, 0.4) is 0 Å². The lowest BCUT2D eigenvalue weighted by molar-refractivity contribution is 0.304. The number of hydrogen-bond acceptors (Lipinski definition) is 2. The molecule has 0 saturated carbocycles. The highest BCUT2D eigenvalue weighted by atomic mass is 16.5. The van der Waals surface area contributed by atoms with Crippen LogP contribution in [-0.2, 0) is 0 Å². The Balaban J connectivity index is 1.16. The lowest BCUT2D eigenvalue weighted by atomic mass is 9.98. The van der Waals surface area contributed by atoms with Crippen LogP contribution >= 0.6 is 0 Å². The minimum atomic E-state index is 0.809. The molecule has 0 radical (unpaired) electrons. The van der Waals surface area contributed by atoms with Gasteiger partial charge in [0.2, 0.25) is 0 Å². The topological polar surface area (TPSA) is 18.5 Å². The van der Waals surface area contributed by atoms with Crippen LogP contribution in [0.5, 0.6) is 11.5 Å². The van der Waals surface area contributed by atoms with Gasteiger partial charge >= 0.3 is 0 Å². The molecule has 0 unspecified atom stereocenters. The summed E-state index contributed by atoms with van der Waals surface area (Å²) in [7, 11) is 0. The third kappa shape index (κ3) is 13.0. The van der Waals surface area contributed by atoms with Gasteiger partial charge in [-0.05, 0) is 81.9 Å². The molecule has 4 aromatic carbocycles. The molecule has 0 aromatic heterocycles. The second kappa shape index (κ2) is 21.7. The molecule has 0 bridgehead atoms. The average Bonchev–Trinajstić information content (AvgIpc) is 3.09. The normalized spacial score (nSPS) is 11.4. The smallest absolute Gasteiger partial charge is 0.119 e. The lowest BCUT2D eigenvalue weighted by Crippen LogP contribution is -1.97. The Labute approximate surface area is 281 Å². The van der Waals surface area contributed by atoms with Gasteiger partial charge < -0.3 is 9.47 Å². The first kappa shape index (κ1) is 35.8. The summed E-state index contributed by atoms with van der Waals surface area (Å²) in [6.45, 7) is 6.19. The van der Waals surface area contributed by atoms with Gasteiger partial charge in [0.15, 0.2) is 0 Å². The predicted octanol–water partition coefficient (Wildman–Crippen LogP) is 14.3. The number of unbranched alkanes of at least 4 members (excludes halogenated alkanes) is 18. The highest BCUT2D eigenvalue weighted by Gasteiger charge is 2.05. The first-order valence-corrected chi connectivity index (χ1v) is 19.1. The van der Waals surface area contributed by atoms with Crippen LogP contribution in [0.2, 0.25) is 0 Å². The fraction of sp³-hybridized carbons (Fsp3) is 0.545. The van der Waals surface area contributed by atoms with E-state index in [4.69, 9.17) is 9.47 Å². The zero-order valence-electron chi connectivity index (χ0n) is 29.3. The van der Waals surface area contributed by atoms with E-state index >= 15 is 0 Å². The van der Waals surface area contributed by atoms with E-state index in [-0.39, 0.29) is 0 Å². The quantitative estimate of drug-likeness (QED) is 0.0685. The molecule has 4 aromatic rings. The molecule has 4 rings (SSSR count). The maximum absolute atomic E-state index is 6.11. The van der Waals surface area contributed by atoms with Gasteiger partial charge in [-0.15, -0.1) is 0 Å². The van der Waals surface area contributed by atoms with Gasteiger partial charge in [0, 0.05) is 0 Å². The van der Waals surface area contributed by atoms with E-state index in [1.54, 1.807) is 0 Å². The van der Waals surface area contributed by atoms with Crippen molar-refractivity contribution < 1.29 is 9.47 Å².